The van der Waals surface area contributed by atoms with E-state index >= 15 is 0 Å². The molecule has 1 aliphatic rings. The first-order valence-corrected chi connectivity index (χ1v) is 6.45. The largest absolute Gasteiger partial charge is 0.0884 e. The summed E-state index contributed by atoms with van der Waals surface area (Å²) in [6.07, 6.45) is 5.14. The summed E-state index contributed by atoms with van der Waals surface area (Å²) >= 11 is 3.65. The molecule has 0 spiro atoms. The van der Waals surface area contributed by atoms with Crippen molar-refractivity contribution >= 4 is 15.9 Å². The molecule has 0 saturated heterocycles. The van der Waals surface area contributed by atoms with Crippen molar-refractivity contribution in [3.8, 4) is 0 Å². The molecule has 1 aromatic carbocycles. The number of rotatable bonds is 4. The van der Waals surface area contributed by atoms with E-state index < -0.39 is 0 Å². The van der Waals surface area contributed by atoms with Gasteiger partial charge in [0.1, 0.15) is 0 Å². The zero-order chi connectivity index (χ0) is 9.97. The maximum absolute atomic E-state index is 3.65. The third-order valence-corrected chi connectivity index (χ3v) is 3.95. The fraction of sp³-hybridized carbons (Fsp3) is 0.538. The van der Waals surface area contributed by atoms with Crippen LogP contribution in [0.2, 0.25) is 0 Å². The van der Waals surface area contributed by atoms with E-state index in [4.69, 9.17) is 0 Å². The van der Waals surface area contributed by atoms with E-state index in [0.717, 1.165) is 10.7 Å². The first kappa shape index (κ1) is 10.2. The van der Waals surface area contributed by atoms with Gasteiger partial charge in [-0.1, -0.05) is 53.5 Å². The Kier molecular flexibility index (Phi) is 3.27. The summed E-state index contributed by atoms with van der Waals surface area (Å²) in [5.41, 5.74) is 2.99. The predicted octanol–water partition coefficient (Wildman–Crippen LogP) is 4.28. The van der Waals surface area contributed by atoms with E-state index in [1.807, 2.05) is 0 Å². The lowest BCUT2D eigenvalue weighted by Crippen LogP contribution is -1.86. The Morgan fingerprint density at radius 1 is 1.29 bits per heavy atom. The van der Waals surface area contributed by atoms with Crippen LogP contribution < -0.4 is 0 Å². The molecule has 1 saturated carbocycles. The molecule has 2 rings (SSSR count). The summed E-state index contributed by atoms with van der Waals surface area (Å²) in [4.78, 5) is 0.740. The molecule has 0 amide bonds. The van der Waals surface area contributed by atoms with Crippen LogP contribution >= 0.6 is 15.9 Å². The topological polar surface area (TPSA) is 0 Å². The maximum Gasteiger partial charge on any atom is 0.0221 e. The molecule has 1 aliphatic carbocycles. The molecule has 14 heavy (non-hydrogen) atoms. The van der Waals surface area contributed by atoms with Crippen LogP contribution in [0.15, 0.2) is 24.3 Å². The number of hydrogen-bond donors (Lipinski definition) is 0. The second-order valence-electron chi connectivity index (χ2n) is 4.20. The molecule has 2 unspecified atom stereocenters. The molecule has 1 aromatic rings. The highest BCUT2D eigenvalue weighted by Crippen LogP contribution is 2.46. The van der Waals surface area contributed by atoms with Crippen molar-refractivity contribution in [1.82, 2.24) is 0 Å². The average Bonchev–Trinajstić information content (AvgIpc) is 2.93. The Morgan fingerprint density at radius 2 is 1.93 bits per heavy atom. The van der Waals surface area contributed by atoms with Crippen LogP contribution in [0.5, 0.6) is 0 Å². The molecule has 0 nitrogen and oxygen atoms in total. The standard InChI is InChI=1S/C13H17Br/c1-2-3-4-10-5-7-11(8-6-10)12-9-13(12)14/h5-8,12-13H,2-4,9H2,1H3. The Labute approximate surface area is 94.8 Å². The fourth-order valence-corrected chi connectivity index (χ4v) is 2.53. The molecule has 2 atom stereocenters. The number of alkyl halides is 1. The lowest BCUT2D eigenvalue weighted by molar-refractivity contribution is 0.794. The highest BCUT2D eigenvalue weighted by atomic mass is 79.9. The zero-order valence-electron chi connectivity index (χ0n) is 8.67. The second kappa shape index (κ2) is 4.48. The van der Waals surface area contributed by atoms with Crippen LogP contribution in [-0.2, 0) is 6.42 Å². The van der Waals surface area contributed by atoms with Crippen LogP contribution in [0.3, 0.4) is 0 Å². The van der Waals surface area contributed by atoms with Crippen LogP contribution in [0, 0.1) is 0 Å². The number of hydrogen-bond acceptors (Lipinski definition) is 0. The minimum Gasteiger partial charge on any atom is -0.0884 e. The highest BCUT2D eigenvalue weighted by molar-refractivity contribution is 9.09. The molecular formula is C13H17Br. The third-order valence-electron chi connectivity index (χ3n) is 2.94. The number of aryl methyl sites for hydroxylation is 1. The van der Waals surface area contributed by atoms with Crippen molar-refractivity contribution in [2.24, 2.45) is 0 Å². The number of benzene rings is 1. The van der Waals surface area contributed by atoms with E-state index in [1.165, 1.54) is 36.8 Å². The molecule has 0 radical (unpaired) electrons. The van der Waals surface area contributed by atoms with Gasteiger partial charge in [-0.15, -0.1) is 0 Å². The Bertz CT molecular complexity index is 289. The summed E-state index contributed by atoms with van der Waals surface area (Å²) in [6.45, 7) is 2.24. The minimum absolute atomic E-state index is 0.740. The predicted molar refractivity (Wildman–Crippen MR) is 65.1 cm³/mol. The molecule has 1 fully saturated rings. The summed E-state index contributed by atoms with van der Waals surface area (Å²) in [7, 11) is 0. The lowest BCUT2D eigenvalue weighted by Gasteiger charge is -2.02. The quantitative estimate of drug-likeness (QED) is 0.702. The molecule has 0 heterocycles. The van der Waals surface area contributed by atoms with Gasteiger partial charge in [0, 0.05) is 4.83 Å². The summed E-state index contributed by atoms with van der Waals surface area (Å²) in [5, 5.41) is 0. The first-order chi connectivity index (χ1) is 6.81. The smallest absolute Gasteiger partial charge is 0.0221 e. The number of halogens is 1. The molecule has 0 aliphatic heterocycles. The molecular weight excluding hydrogens is 236 g/mol. The van der Waals surface area contributed by atoms with Crippen LogP contribution in [-0.4, -0.2) is 4.83 Å². The average molecular weight is 253 g/mol. The Hall–Kier alpha value is -0.300. The van der Waals surface area contributed by atoms with E-state index in [0.29, 0.717) is 0 Å². The molecule has 1 heteroatoms. The summed E-state index contributed by atoms with van der Waals surface area (Å²) in [6, 6.07) is 9.19. The van der Waals surface area contributed by atoms with Crippen molar-refractivity contribution in [2.45, 2.75) is 43.4 Å². The minimum atomic E-state index is 0.740. The van der Waals surface area contributed by atoms with Gasteiger partial charge in [-0.2, -0.15) is 0 Å². The van der Waals surface area contributed by atoms with Crippen LogP contribution in [0.1, 0.15) is 43.2 Å². The summed E-state index contributed by atoms with van der Waals surface area (Å²) < 4.78 is 0. The molecule has 0 N–H and O–H groups in total. The van der Waals surface area contributed by atoms with Gasteiger partial charge in [0.25, 0.3) is 0 Å². The van der Waals surface area contributed by atoms with E-state index in [2.05, 4.69) is 47.1 Å². The van der Waals surface area contributed by atoms with Crippen molar-refractivity contribution in [3.63, 3.8) is 0 Å². The van der Waals surface area contributed by atoms with Crippen LogP contribution in [0.25, 0.3) is 0 Å². The fourth-order valence-electron chi connectivity index (χ4n) is 1.82. The first-order valence-electron chi connectivity index (χ1n) is 5.54. The number of unbranched alkanes of at least 4 members (excludes halogenated alkanes) is 1. The molecule has 0 bridgehead atoms. The van der Waals surface area contributed by atoms with Crippen molar-refractivity contribution < 1.29 is 0 Å². The second-order valence-corrected chi connectivity index (χ2v) is 5.38. The monoisotopic (exact) mass is 252 g/mol. The van der Waals surface area contributed by atoms with Gasteiger partial charge in [0.15, 0.2) is 0 Å². The maximum atomic E-state index is 3.65. The third kappa shape index (κ3) is 2.38. The zero-order valence-corrected chi connectivity index (χ0v) is 10.3. The SMILES string of the molecule is CCCCc1ccc(C2CC2Br)cc1. The molecule has 76 valence electrons. The van der Waals surface area contributed by atoms with Gasteiger partial charge in [0.2, 0.25) is 0 Å². The lowest BCUT2D eigenvalue weighted by atomic mass is 10.0. The van der Waals surface area contributed by atoms with E-state index in [-0.39, 0.29) is 0 Å². The highest BCUT2D eigenvalue weighted by Gasteiger charge is 2.35. The van der Waals surface area contributed by atoms with Crippen molar-refractivity contribution in [2.75, 3.05) is 0 Å². The summed E-state index contributed by atoms with van der Waals surface area (Å²) in [5.74, 6) is 0.787. The van der Waals surface area contributed by atoms with Crippen molar-refractivity contribution in [3.05, 3.63) is 35.4 Å². The van der Waals surface area contributed by atoms with Gasteiger partial charge in [-0.05, 0) is 36.3 Å². The van der Waals surface area contributed by atoms with Gasteiger partial charge < -0.3 is 0 Å². The Morgan fingerprint density at radius 3 is 2.43 bits per heavy atom. The van der Waals surface area contributed by atoms with Gasteiger partial charge >= 0.3 is 0 Å². The van der Waals surface area contributed by atoms with Crippen LogP contribution in [0.4, 0.5) is 0 Å². The van der Waals surface area contributed by atoms with E-state index in [1.54, 1.807) is 0 Å². The molecule has 0 aromatic heterocycles. The van der Waals surface area contributed by atoms with E-state index in [9.17, 15) is 0 Å². The van der Waals surface area contributed by atoms with Gasteiger partial charge in [-0.3, -0.25) is 0 Å². The van der Waals surface area contributed by atoms with Crippen molar-refractivity contribution in [1.29, 1.82) is 0 Å². The normalized spacial score (nSPS) is 25.0. The van der Waals surface area contributed by atoms with Gasteiger partial charge in [0.05, 0.1) is 0 Å². The Balaban J connectivity index is 1.96. The van der Waals surface area contributed by atoms with Gasteiger partial charge in [-0.25, -0.2) is 0 Å².